The molecule has 10 heteroatoms. The summed E-state index contributed by atoms with van der Waals surface area (Å²) in [6, 6.07) is 14.4. The van der Waals surface area contributed by atoms with Gasteiger partial charge in [0.05, 0.1) is 22.0 Å². The van der Waals surface area contributed by atoms with E-state index in [2.05, 4.69) is 15.5 Å². The van der Waals surface area contributed by atoms with E-state index in [1.54, 1.807) is 29.8 Å². The number of aryl methyl sites for hydroxylation is 2. The van der Waals surface area contributed by atoms with Gasteiger partial charge in [0.1, 0.15) is 5.82 Å². The van der Waals surface area contributed by atoms with Gasteiger partial charge in [-0.15, -0.1) is 0 Å². The van der Waals surface area contributed by atoms with Crippen LogP contribution in [0.4, 0.5) is 5.69 Å². The second-order valence-electron chi connectivity index (χ2n) is 7.44. The molecule has 0 saturated carbocycles. The number of rotatable bonds is 5. The first-order valence-corrected chi connectivity index (χ1v) is 10.0. The second kappa shape index (κ2) is 8.50. The first kappa shape index (κ1) is 21.6. The van der Waals surface area contributed by atoms with Crippen molar-refractivity contribution in [2.24, 2.45) is 5.10 Å². The van der Waals surface area contributed by atoms with Crippen LogP contribution in [0.1, 0.15) is 33.1 Å². The number of hydrazone groups is 1. The van der Waals surface area contributed by atoms with Crippen molar-refractivity contribution in [3.8, 4) is 0 Å². The predicted octanol–water partition coefficient (Wildman–Crippen LogP) is 3.11. The van der Waals surface area contributed by atoms with Gasteiger partial charge in [-0.1, -0.05) is 18.2 Å². The molecule has 0 radical (unpaired) electrons. The highest BCUT2D eigenvalue weighted by atomic mass is 16.6. The average Bonchev–Trinajstić information content (AvgIpc) is 3.07. The van der Waals surface area contributed by atoms with Gasteiger partial charge in [-0.2, -0.15) is 9.78 Å². The summed E-state index contributed by atoms with van der Waals surface area (Å²) in [5.74, 6) is -0.0440. The number of aromatic nitrogens is 3. The minimum absolute atomic E-state index is 0.122. The van der Waals surface area contributed by atoms with Crippen LogP contribution in [0, 0.1) is 30.9 Å². The molecule has 33 heavy (non-hydrogen) atoms. The molecule has 0 unspecified atom stereocenters. The lowest BCUT2D eigenvalue weighted by molar-refractivity contribution is -0.384. The Balaban J connectivity index is 1.64. The Morgan fingerprint density at radius 1 is 1.09 bits per heavy atom. The van der Waals surface area contributed by atoms with Crippen LogP contribution < -0.4 is 11.0 Å². The predicted molar refractivity (Wildman–Crippen MR) is 124 cm³/mol. The highest BCUT2D eigenvalue weighted by Crippen LogP contribution is 2.16. The number of hydrogen-bond donors (Lipinski definition) is 1. The van der Waals surface area contributed by atoms with Gasteiger partial charge in [0, 0.05) is 34.6 Å². The van der Waals surface area contributed by atoms with Gasteiger partial charge in [-0.25, -0.2) is 10.4 Å². The summed E-state index contributed by atoms with van der Waals surface area (Å²) in [5.41, 5.74) is 4.94. The van der Waals surface area contributed by atoms with Crippen molar-refractivity contribution >= 4 is 28.7 Å². The van der Waals surface area contributed by atoms with E-state index in [1.807, 2.05) is 26.0 Å². The molecular weight excluding hydrogens is 424 g/mol. The van der Waals surface area contributed by atoms with Crippen molar-refractivity contribution in [2.75, 3.05) is 0 Å². The van der Waals surface area contributed by atoms with Crippen LogP contribution in [0.5, 0.6) is 0 Å². The summed E-state index contributed by atoms with van der Waals surface area (Å²) in [7, 11) is 0. The minimum Gasteiger partial charge on any atom is -0.267 e. The van der Waals surface area contributed by atoms with Gasteiger partial charge in [-0.3, -0.25) is 24.4 Å². The Morgan fingerprint density at radius 3 is 2.61 bits per heavy atom. The SMILES string of the molecule is Cc1cc(C=NNC(=O)c2cccc([N+](=O)[O-])c2)c(C)n1-n1c(C)nc2ccccc2c1=O. The van der Waals surface area contributed by atoms with Crippen molar-refractivity contribution in [3.05, 3.63) is 103 Å². The number of carbonyl (C=O) groups excluding carboxylic acids is 1. The topological polar surface area (TPSA) is 124 Å². The van der Waals surface area contributed by atoms with Crippen molar-refractivity contribution in [2.45, 2.75) is 20.8 Å². The Bertz CT molecular complexity index is 1500. The third kappa shape index (κ3) is 4.01. The smallest absolute Gasteiger partial charge is 0.267 e. The first-order chi connectivity index (χ1) is 15.8. The minimum atomic E-state index is -0.574. The van der Waals surface area contributed by atoms with Crippen molar-refractivity contribution < 1.29 is 9.72 Å². The Hall–Kier alpha value is -4.60. The number of nitro benzene ring substituents is 1. The van der Waals surface area contributed by atoms with Crippen LogP contribution in [0.3, 0.4) is 0 Å². The monoisotopic (exact) mass is 444 g/mol. The molecule has 2 aromatic heterocycles. The highest BCUT2D eigenvalue weighted by molar-refractivity contribution is 5.95. The standard InChI is InChI=1S/C23H20N6O4/c1-14-11-18(13-24-26-22(30)17-7-6-8-19(12-17)29(32)33)15(2)27(14)28-16(3)25-21-10-5-4-9-20(21)23(28)31/h4-13H,1-3H3,(H,26,30). The Kier molecular flexibility index (Phi) is 5.57. The Morgan fingerprint density at radius 2 is 1.85 bits per heavy atom. The normalized spacial score (nSPS) is 11.2. The van der Waals surface area contributed by atoms with Crippen molar-refractivity contribution in [1.82, 2.24) is 19.8 Å². The van der Waals surface area contributed by atoms with E-state index in [4.69, 9.17) is 0 Å². The zero-order valence-electron chi connectivity index (χ0n) is 18.1. The van der Waals surface area contributed by atoms with Crippen LogP contribution >= 0.6 is 0 Å². The summed E-state index contributed by atoms with van der Waals surface area (Å²) in [6.07, 6.45) is 1.46. The van der Waals surface area contributed by atoms with E-state index in [0.29, 0.717) is 22.3 Å². The number of carbonyl (C=O) groups is 1. The zero-order chi connectivity index (χ0) is 23.7. The third-order valence-corrected chi connectivity index (χ3v) is 5.24. The quantitative estimate of drug-likeness (QED) is 0.288. The lowest BCUT2D eigenvalue weighted by atomic mass is 10.2. The van der Waals surface area contributed by atoms with E-state index < -0.39 is 10.8 Å². The molecule has 0 bridgehead atoms. The van der Waals surface area contributed by atoms with Crippen LogP contribution in [0.15, 0.2) is 64.5 Å². The second-order valence-corrected chi connectivity index (χ2v) is 7.44. The van der Waals surface area contributed by atoms with Crippen molar-refractivity contribution in [1.29, 1.82) is 0 Å². The third-order valence-electron chi connectivity index (χ3n) is 5.24. The lowest BCUT2D eigenvalue weighted by Crippen LogP contribution is -2.30. The molecule has 4 aromatic rings. The van der Waals surface area contributed by atoms with Crippen LogP contribution in [0.25, 0.3) is 10.9 Å². The summed E-state index contributed by atoms with van der Waals surface area (Å²) >= 11 is 0. The van der Waals surface area contributed by atoms with Crippen LogP contribution in [0.2, 0.25) is 0 Å². The summed E-state index contributed by atoms with van der Waals surface area (Å²) in [4.78, 5) is 40.3. The van der Waals surface area contributed by atoms with Gasteiger partial charge < -0.3 is 0 Å². The van der Waals surface area contributed by atoms with Crippen LogP contribution in [-0.4, -0.2) is 31.4 Å². The molecule has 1 N–H and O–H groups in total. The number of para-hydroxylation sites is 1. The molecule has 166 valence electrons. The van der Waals surface area contributed by atoms with Crippen LogP contribution in [-0.2, 0) is 0 Å². The van der Waals surface area contributed by atoms with E-state index in [1.165, 1.54) is 35.2 Å². The van der Waals surface area contributed by atoms with Crippen molar-refractivity contribution in [3.63, 3.8) is 0 Å². The number of benzene rings is 2. The van der Waals surface area contributed by atoms with Gasteiger partial charge >= 0.3 is 0 Å². The van der Waals surface area contributed by atoms with E-state index in [0.717, 1.165) is 11.4 Å². The summed E-state index contributed by atoms with van der Waals surface area (Å²) < 4.78 is 3.26. The van der Waals surface area contributed by atoms with E-state index in [-0.39, 0.29) is 16.8 Å². The fourth-order valence-corrected chi connectivity index (χ4v) is 3.67. The average molecular weight is 444 g/mol. The molecule has 10 nitrogen and oxygen atoms in total. The number of nitro groups is 1. The maximum Gasteiger partial charge on any atom is 0.280 e. The molecule has 0 spiro atoms. The number of nitrogens with one attached hydrogen (secondary N) is 1. The molecule has 0 fully saturated rings. The fourth-order valence-electron chi connectivity index (χ4n) is 3.67. The first-order valence-electron chi connectivity index (χ1n) is 10.0. The maximum atomic E-state index is 13.2. The molecule has 2 aromatic carbocycles. The molecule has 0 aliphatic carbocycles. The number of nitrogens with zero attached hydrogens (tertiary/aromatic N) is 5. The van der Waals surface area contributed by atoms with Gasteiger partial charge in [0.2, 0.25) is 0 Å². The number of fused-ring (bicyclic) bond motifs is 1. The molecule has 1 amide bonds. The molecule has 4 rings (SSSR count). The number of non-ortho nitro benzene ring substituents is 1. The lowest BCUT2D eigenvalue weighted by Gasteiger charge is -2.16. The van der Waals surface area contributed by atoms with Gasteiger partial charge in [0.15, 0.2) is 0 Å². The summed E-state index contributed by atoms with van der Waals surface area (Å²) in [6.45, 7) is 5.45. The highest BCUT2D eigenvalue weighted by Gasteiger charge is 2.15. The van der Waals surface area contributed by atoms with E-state index >= 15 is 0 Å². The summed E-state index contributed by atoms with van der Waals surface area (Å²) in [5, 5.41) is 15.4. The van der Waals surface area contributed by atoms with Gasteiger partial charge in [-0.05, 0) is 45.0 Å². The Labute approximate surface area is 187 Å². The molecule has 0 aliphatic rings. The zero-order valence-corrected chi connectivity index (χ0v) is 18.1. The molecular formula is C23H20N6O4. The molecule has 2 heterocycles. The number of amides is 1. The number of hydrogen-bond acceptors (Lipinski definition) is 6. The van der Waals surface area contributed by atoms with E-state index in [9.17, 15) is 19.7 Å². The largest absolute Gasteiger partial charge is 0.280 e. The van der Waals surface area contributed by atoms with Gasteiger partial charge in [0.25, 0.3) is 17.2 Å². The molecule has 0 aliphatic heterocycles. The molecule has 0 atom stereocenters. The molecule has 0 saturated heterocycles. The maximum absolute atomic E-state index is 13.2. The fraction of sp³-hybridized carbons (Fsp3) is 0.130.